The highest BCUT2D eigenvalue weighted by Crippen LogP contribution is 2.20. The Labute approximate surface area is 205 Å². The van der Waals surface area contributed by atoms with Crippen LogP contribution in [0.1, 0.15) is 47.7 Å². The fraction of sp³-hybridized carbons (Fsp3) is 0.167. The number of fused-ring (bicyclic) bond motifs is 1. The SMILES string of the molecule is CC(C)n1ccc2cnc(C(=O)c3ccc(NC(=O)C(NC(=O)O)c4ccc(Cl)cc4)nc3)nc21. The monoisotopic (exact) mass is 492 g/mol. The van der Waals surface area contributed by atoms with Crippen LogP contribution in [0.15, 0.2) is 61.1 Å². The molecule has 1 unspecified atom stereocenters. The molecular formula is C24H21ClN6O4. The summed E-state index contributed by atoms with van der Waals surface area (Å²) in [7, 11) is 0. The number of amides is 2. The Morgan fingerprint density at radius 3 is 2.37 bits per heavy atom. The van der Waals surface area contributed by atoms with Crippen LogP contribution in [-0.4, -0.2) is 42.4 Å². The molecule has 1 aromatic carbocycles. The van der Waals surface area contributed by atoms with Crippen molar-refractivity contribution in [2.75, 3.05) is 5.32 Å². The molecule has 35 heavy (non-hydrogen) atoms. The number of pyridine rings is 1. The Hall–Kier alpha value is -4.31. The maximum Gasteiger partial charge on any atom is 0.405 e. The summed E-state index contributed by atoms with van der Waals surface area (Å²) in [5.74, 6) is -0.891. The summed E-state index contributed by atoms with van der Waals surface area (Å²) in [6, 6.07) is 10.00. The Morgan fingerprint density at radius 1 is 1.00 bits per heavy atom. The Kier molecular flexibility index (Phi) is 6.74. The summed E-state index contributed by atoms with van der Waals surface area (Å²) in [5, 5.41) is 15.1. The molecule has 11 heteroatoms. The van der Waals surface area contributed by atoms with E-state index in [1.165, 1.54) is 18.3 Å². The van der Waals surface area contributed by atoms with E-state index < -0.39 is 23.8 Å². The summed E-state index contributed by atoms with van der Waals surface area (Å²) >= 11 is 5.88. The van der Waals surface area contributed by atoms with Crippen molar-refractivity contribution in [2.45, 2.75) is 25.9 Å². The number of nitrogens with one attached hydrogen (secondary N) is 2. The molecule has 4 aromatic rings. The third kappa shape index (κ3) is 5.28. The lowest BCUT2D eigenvalue weighted by Gasteiger charge is -2.17. The highest BCUT2D eigenvalue weighted by Gasteiger charge is 2.23. The number of aromatic nitrogens is 4. The van der Waals surface area contributed by atoms with Gasteiger partial charge in [0.25, 0.3) is 5.91 Å². The van der Waals surface area contributed by atoms with Crippen LogP contribution >= 0.6 is 11.6 Å². The van der Waals surface area contributed by atoms with Gasteiger partial charge < -0.3 is 20.3 Å². The number of rotatable bonds is 7. The highest BCUT2D eigenvalue weighted by atomic mass is 35.5. The summed E-state index contributed by atoms with van der Waals surface area (Å²) < 4.78 is 1.95. The third-order valence-corrected chi connectivity index (χ3v) is 5.48. The van der Waals surface area contributed by atoms with Gasteiger partial charge in [-0.3, -0.25) is 9.59 Å². The number of nitrogens with zero attached hydrogens (tertiary/aromatic N) is 4. The van der Waals surface area contributed by atoms with Gasteiger partial charge in [0.2, 0.25) is 11.6 Å². The molecule has 2 amide bonds. The molecule has 178 valence electrons. The van der Waals surface area contributed by atoms with Gasteiger partial charge in [0.15, 0.2) is 0 Å². The Morgan fingerprint density at radius 2 is 1.74 bits per heavy atom. The van der Waals surface area contributed by atoms with Crippen LogP contribution in [0.2, 0.25) is 5.02 Å². The van der Waals surface area contributed by atoms with Crippen molar-refractivity contribution in [1.29, 1.82) is 0 Å². The lowest BCUT2D eigenvalue weighted by Crippen LogP contribution is -2.36. The average Bonchev–Trinajstić information content (AvgIpc) is 3.27. The Balaban J connectivity index is 1.52. The second-order valence-electron chi connectivity index (χ2n) is 7.97. The van der Waals surface area contributed by atoms with E-state index in [1.807, 2.05) is 30.7 Å². The molecule has 3 N–H and O–H groups in total. The van der Waals surface area contributed by atoms with Gasteiger partial charge in [-0.05, 0) is 49.7 Å². The van der Waals surface area contributed by atoms with Crippen molar-refractivity contribution < 1.29 is 19.5 Å². The van der Waals surface area contributed by atoms with Crippen molar-refractivity contribution in [3.05, 3.63) is 83.0 Å². The minimum absolute atomic E-state index is 0.0325. The zero-order chi connectivity index (χ0) is 25.1. The predicted molar refractivity (Wildman–Crippen MR) is 130 cm³/mol. The summed E-state index contributed by atoms with van der Waals surface area (Å²) in [4.78, 5) is 49.6. The molecule has 0 saturated heterocycles. The van der Waals surface area contributed by atoms with Crippen molar-refractivity contribution in [2.24, 2.45) is 0 Å². The van der Waals surface area contributed by atoms with Crippen molar-refractivity contribution in [3.63, 3.8) is 0 Å². The molecule has 0 fully saturated rings. The number of hydrogen-bond acceptors (Lipinski definition) is 6. The minimum atomic E-state index is -1.37. The van der Waals surface area contributed by atoms with Gasteiger partial charge in [-0.2, -0.15) is 0 Å². The predicted octanol–water partition coefficient (Wildman–Crippen LogP) is 4.24. The van der Waals surface area contributed by atoms with E-state index in [9.17, 15) is 14.4 Å². The zero-order valence-corrected chi connectivity index (χ0v) is 19.5. The molecule has 0 saturated carbocycles. The molecule has 4 rings (SSSR count). The molecule has 0 aliphatic heterocycles. The first-order chi connectivity index (χ1) is 16.7. The van der Waals surface area contributed by atoms with Gasteiger partial charge in [-0.15, -0.1) is 0 Å². The van der Waals surface area contributed by atoms with Crippen LogP contribution in [0.5, 0.6) is 0 Å². The number of carbonyl (C=O) groups excluding carboxylic acids is 2. The fourth-order valence-corrected chi connectivity index (χ4v) is 3.60. The molecule has 1 atom stereocenters. The maximum absolute atomic E-state index is 12.9. The lowest BCUT2D eigenvalue weighted by atomic mass is 10.1. The van der Waals surface area contributed by atoms with Crippen LogP contribution in [0.3, 0.4) is 0 Å². The van der Waals surface area contributed by atoms with Crippen LogP contribution < -0.4 is 10.6 Å². The number of anilines is 1. The molecule has 0 aliphatic rings. The molecule has 0 aliphatic carbocycles. The average molecular weight is 493 g/mol. The van der Waals surface area contributed by atoms with Gasteiger partial charge in [-0.25, -0.2) is 19.7 Å². The van der Waals surface area contributed by atoms with E-state index in [0.717, 1.165) is 5.39 Å². The third-order valence-electron chi connectivity index (χ3n) is 5.22. The van der Waals surface area contributed by atoms with Crippen molar-refractivity contribution >= 4 is 46.2 Å². The first kappa shape index (κ1) is 23.8. The Bertz CT molecular complexity index is 1400. The molecular weight excluding hydrogens is 472 g/mol. The normalized spacial score (nSPS) is 11.9. The fourth-order valence-electron chi connectivity index (χ4n) is 3.47. The van der Waals surface area contributed by atoms with E-state index in [-0.39, 0.29) is 23.2 Å². The number of hydrogen-bond donors (Lipinski definition) is 3. The topological polar surface area (TPSA) is 139 Å². The van der Waals surface area contributed by atoms with E-state index in [0.29, 0.717) is 16.2 Å². The first-order valence-electron chi connectivity index (χ1n) is 10.6. The van der Waals surface area contributed by atoms with E-state index >= 15 is 0 Å². The minimum Gasteiger partial charge on any atom is -0.465 e. The largest absolute Gasteiger partial charge is 0.465 e. The lowest BCUT2D eigenvalue weighted by molar-refractivity contribution is -0.118. The molecule has 3 heterocycles. The maximum atomic E-state index is 12.9. The van der Waals surface area contributed by atoms with Crippen LogP contribution in [-0.2, 0) is 4.79 Å². The summed E-state index contributed by atoms with van der Waals surface area (Å²) in [6.07, 6.45) is 3.43. The number of carbonyl (C=O) groups is 3. The summed E-state index contributed by atoms with van der Waals surface area (Å²) in [6.45, 7) is 4.03. The molecule has 3 aromatic heterocycles. The van der Waals surface area contributed by atoms with E-state index in [1.54, 1.807) is 30.5 Å². The smallest absolute Gasteiger partial charge is 0.405 e. The quantitative estimate of drug-likeness (QED) is 0.328. The van der Waals surface area contributed by atoms with Crippen LogP contribution in [0.4, 0.5) is 10.6 Å². The van der Waals surface area contributed by atoms with E-state index in [4.69, 9.17) is 16.7 Å². The molecule has 0 bridgehead atoms. The molecule has 10 nitrogen and oxygen atoms in total. The number of benzene rings is 1. The second-order valence-corrected chi connectivity index (χ2v) is 8.41. The standard InChI is InChI=1S/C24H21ClN6O4/c1-13(2)31-10-9-16-12-27-21(30-22(16)31)20(32)15-5-8-18(26-11-15)28-23(33)19(29-24(34)35)14-3-6-17(25)7-4-14/h3-13,19,29H,1-2H3,(H,34,35)(H,26,28,33). The van der Waals surface area contributed by atoms with Gasteiger partial charge in [0.1, 0.15) is 17.5 Å². The number of carboxylic acid groups (broad SMARTS) is 1. The van der Waals surface area contributed by atoms with Gasteiger partial charge in [0.05, 0.1) is 0 Å². The first-order valence-corrected chi connectivity index (χ1v) is 11.0. The van der Waals surface area contributed by atoms with Crippen molar-refractivity contribution in [1.82, 2.24) is 24.8 Å². The van der Waals surface area contributed by atoms with Crippen LogP contribution in [0.25, 0.3) is 11.0 Å². The van der Waals surface area contributed by atoms with Gasteiger partial charge in [-0.1, -0.05) is 23.7 Å². The molecule has 0 radical (unpaired) electrons. The second kappa shape index (κ2) is 9.90. The highest BCUT2D eigenvalue weighted by molar-refractivity contribution is 6.30. The van der Waals surface area contributed by atoms with Gasteiger partial charge >= 0.3 is 6.09 Å². The number of halogens is 1. The van der Waals surface area contributed by atoms with Crippen molar-refractivity contribution in [3.8, 4) is 0 Å². The molecule has 0 spiro atoms. The van der Waals surface area contributed by atoms with Gasteiger partial charge in [0, 0.05) is 40.6 Å². The van der Waals surface area contributed by atoms with E-state index in [2.05, 4.69) is 25.6 Å². The zero-order valence-electron chi connectivity index (χ0n) is 18.8. The number of ketones is 1. The van der Waals surface area contributed by atoms with Crippen LogP contribution in [0, 0.1) is 0 Å². The summed E-state index contributed by atoms with van der Waals surface area (Å²) in [5.41, 5.74) is 1.30.